The van der Waals surface area contributed by atoms with Crippen LogP contribution in [0.15, 0.2) is 64.7 Å². The lowest BCUT2D eigenvalue weighted by molar-refractivity contribution is -0.148. The van der Waals surface area contributed by atoms with Crippen LogP contribution in [0.3, 0.4) is 0 Å². The molecule has 0 saturated carbocycles. The first-order valence-corrected chi connectivity index (χ1v) is 12.2. The third kappa shape index (κ3) is 5.91. The summed E-state index contributed by atoms with van der Waals surface area (Å²) in [6.45, 7) is 8.38. The molecular formula is C27H36N4O3. The van der Waals surface area contributed by atoms with Crippen molar-refractivity contribution in [2.75, 3.05) is 39.4 Å². The van der Waals surface area contributed by atoms with Gasteiger partial charge in [-0.05, 0) is 36.8 Å². The molecule has 2 heterocycles. The van der Waals surface area contributed by atoms with Gasteiger partial charge in [0.15, 0.2) is 12.2 Å². The molecule has 0 spiro atoms. The number of morpholine rings is 1. The minimum atomic E-state index is -0.656. The molecule has 2 aromatic carbocycles. The Bertz CT molecular complexity index is 971. The molecule has 2 aromatic rings. The second-order valence-corrected chi connectivity index (χ2v) is 9.22. The quantitative estimate of drug-likeness (QED) is 0.296. The summed E-state index contributed by atoms with van der Waals surface area (Å²) in [4.78, 5) is 8.97. The fraction of sp³-hybridized carbons (Fsp3) is 0.481. The van der Waals surface area contributed by atoms with Gasteiger partial charge in [-0.3, -0.25) is 9.80 Å². The minimum Gasteiger partial charge on any atom is -0.409 e. The van der Waals surface area contributed by atoms with E-state index in [0.717, 1.165) is 43.8 Å². The van der Waals surface area contributed by atoms with Gasteiger partial charge in [0.25, 0.3) is 0 Å². The van der Waals surface area contributed by atoms with Gasteiger partial charge in [0, 0.05) is 43.4 Å². The van der Waals surface area contributed by atoms with E-state index >= 15 is 0 Å². The molecule has 2 aliphatic rings. The lowest BCUT2D eigenvalue weighted by Crippen LogP contribution is -2.56. The van der Waals surface area contributed by atoms with Gasteiger partial charge in [-0.15, -0.1) is 0 Å². The molecule has 2 fully saturated rings. The SMILES string of the molecule is CCc1ccc(C2CC(C(C)=N/C(=N\O)c3ccccc3)CN(C(O)N3CCOCC3)C2)cc1. The van der Waals surface area contributed by atoms with E-state index in [1.165, 1.54) is 11.1 Å². The molecule has 182 valence electrons. The summed E-state index contributed by atoms with van der Waals surface area (Å²) in [5.41, 5.74) is 4.29. The van der Waals surface area contributed by atoms with Gasteiger partial charge >= 0.3 is 0 Å². The number of hydrogen-bond donors (Lipinski definition) is 2. The number of rotatable bonds is 6. The molecule has 2 N–H and O–H groups in total. The Morgan fingerprint density at radius 1 is 1.03 bits per heavy atom. The van der Waals surface area contributed by atoms with Crippen molar-refractivity contribution in [3.8, 4) is 0 Å². The summed E-state index contributed by atoms with van der Waals surface area (Å²) < 4.78 is 5.48. The van der Waals surface area contributed by atoms with E-state index in [4.69, 9.17) is 9.73 Å². The Morgan fingerprint density at radius 2 is 1.74 bits per heavy atom. The van der Waals surface area contributed by atoms with Crippen LogP contribution in [0.5, 0.6) is 0 Å². The Hall–Kier alpha value is -2.58. The number of hydrogen-bond acceptors (Lipinski definition) is 6. The Balaban J connectivity index is 1.59. The molecule has 7 heteroatoms. The fourth-order valence-corrected chi connectivity index (χ4v) is 4.92. The van der Waals surface area contributed by atoms with Crippen LogP contribution in [0.1, 0.15) is 42.9 Å². The van der Waals surface area contributed by atoms with Crippen LogP contribution in [-0.2, 0) is 11.2 Å². The third-order valence-electron chi connectivity index (χ3n) is 7.04. The number of aliphatic imine (C=N–C) groups is 1. The number of likely N-dealkylation sites (tertiary alicyclic amines) is 1. The van der Waals surface area contributed by atoms with Crippen LogP contribution >= 0.6 is 0 Å². The monoisotopic (exact) mass is 464 g/mol. The number of ether oxygens (including phenoxy) is 1. The Kier molecular flexibility index (Phi) is 8.45. The molecule has 3 unspecified atom stereocenters. The van der Waals surface area contributed by atoms with Gasteiger partial charge < -0.3 is 15.1 Å². The molecule has 0 aromatic heterocycles. The number of piperidine rings is 1. The highest BCUT2D eigenvalue weighted by Crippen LogP contribution is 2.33. The molecule has 2 aliphatic heterocycles. The number of nitrogens with zero attached hydrogens (tertiary/aromatic N) is 4. The molecular weight excluding hydrogens is 428 g/mol. The maximum atomic E-state index is 11.2. The van der Waals surface area contributed by atoms with Gasteiger partial charge in [0.2, 0.25) is 0 Å². The van der Waals surface area contributed by atoms with Gasteiger partial charge in [0.05, 0.1) is 13.2 Å². The summed E-state index contributed by atoms with van der Waals surface area (Å²) in [6.07, 6.45) is 1.29. The molecule has 3 atom stereocenters. The van der Waals surface area contributed by atoms with E-state index in [2.05, 4.69) is 46.1 Å². The standard InChI is InChI=1S/C27H36N4O3/c1-3-21-9-11-22(12-10-21)25-17-24(18-31(19-25)27(32)30-13-15-34-16-14-30)20(2)28-26(29-33)23-7-5-4-6-8-23/h4-12,24-25,27,32-33H,3,13-19H2,1-2H3/b28-20?,29-26-. The van der Waals surface area contributed by atoms with Crippen molar-refractivity contribution in [1.82, 2.24) is 9.80 Å². The minimum absolute atomic E-state index is 0.126. The van der Waals surface area contributed by atoms with Crippen molar-refractivity contribution in [2.24, 2.45) is 16.1 Å². The smallest absolute Gasteiger partial charge is 0.198 e. The van der Waals surface area contributed by atoms with E-state index in [1.54, 1.807) is 0 Å². The molecule has 0 amide bonds. The number of aliphatic hydroxyl groups excluding tert-OH is 1. The van der Waals surface area contributed by atoms with Crippen molar-refractivity contribution >= 4 is 11.5 Å². The van der Waals surface area contributed by atoms with Crippen LogP contribution in [0, 0.1) is 5.92 Å². The second kappa shape index (κ2) is 11.7. The zero-order chi connectivity index (χ0) is 23.9. The van der Waals surface area contributed by atoms with E-state index in [0.29, 0.717) is 25.6 Å². The van der Waals surface area contributed by atoms with Crippen LogP contribution in [0.25, 0.3) is 0 Å². The fourth-order valence-electron chi connectivity index (χ4n) is 4.92. The van der Waals surface area contributed by atoms with Gasteiger partial charge in [-0.1, -0.05) is 66.7 Å². The van der Waals surface area contributed by atoms with Crippen molar-refractivity contribution in [2.45, 2.75) is 39.0 Å². The highest BCUT2D eigenvalue weighted by Gasteiger charge is 2.35. The molecule has 0 aliphatic carbocycles. The van der Waals surface area contributed by atoms with Crippen LogP contribution < -0.4 is 0 Å². The summed E-state index contributed by atoms with van der Waals surface area (Å²) in [7, 11) is 0. The maximum Gasteiger partial charge on any atom is 0.198 e. The molecule has 4 rings (SSSR count). The average molecular weight is 465 g/mol. The number of aryl methyl sites for hydroxylation is 1. The molecule has 34 heavy (non-hydrogen) atoms. The predicted molar refractivity (Wildman–Crippen MR) is 135 cm³/mol. The summed E-state index contributed by atoms with van der Waals surface area (Å²) in [5, 5.41) is 24.3. The van der Waals surface area contributed by atoms with Crippen LogP contribution in [0.2, 0.25) is 0 Å². The molecule has 7 nitrogen and oxygen atoms in total. The zero-order valence-electron chi connectivity index (χ0n) is 20.2. The van der Waals surface area contributed by atoms with E-state index < -0.39 is 6.35 Å². The van der Waals surface area contributed by atoms with Gasteiger partial charge in [-0.2, -0.15) is 0 Å². The zero-order valence-corrected chi connectivity index (χ0v) is 20.2. The Morgan fingerprint density at radius 3 is 2.38 bits per heavy atom. The second-order valence-electron chi connectivity index (χ2n) is 9.22. The summed E-state index contributed by atoms with van der Waals surface area (Å²) in [6, 6.07) is 18.4. The van der Waals surface area contributed by atoms with E-state index in [-0.39, 0.29) is 11.8 Å². The average Bonchev–Trinajstić information content (AvgIpc) is 2.92. The topological polar surface area (TPSA) is 80.9 Å². The third-order valence-corrected chi connectivity index (χ3v) is 7.04. The van der Waals surface area contributed by atoms with Crippen LogP contribution in [-0.4, -0.2) is 77.4 Å². The first-order valence-electron chi connectivity index (χ1n) is 12.2. The lowest BCUT2D eigenvalue weighted by atomic mass is 9.82. The largest absolute Gasteiger partial charge is 0.409 e. The number of amidine groups is 1. The van der Waals surface area contributed by atoms with Crippen molar-refractivity contribution in [1.29, 1.82) is 0 Å². The van der Waals surface area contributed by atoms with Gasteiger partial charge in [0.1, 0.15) is 0 Å². The summed E-state index contributed by atoms with van der Waals surface area (Å²) in [5.74, 6) is 0.713. The first-order chi connectivity index (χ1) is 16.6. The summed E-state index contributed by atoms with van der Waals surface area (Å²) >= 11 is 0. The van der Waals surface area contributed by atoms with Crippen molar-refractivity contribution < 1.29 is 15.1 Å². The Labute approximate surface area is 202 Å². The van der Waals surface area contributed by atoms with Crippen molar-refractivity contribution in [3.05, 3.63) is 71.3 Å². The lowest BCUT2D eigenvalue weighted by Gasteiger charge is -2.44. The van der Waals surface area contributed by atoms with Gasteiger partial charge in [-0.25, -0.2) is 4.99 Å². The van der Waals surface area contributed by atoms with Crippen molar-refractivity contribution in [3.63, 3.8) is 0 Å². The van der Waals surface area contributed by atoms with E-state index in [1.807, 2.05) is 37.3 Å². The normalized spacial score (nSPS) is 24.2. The molecule has 0 radical (unpaired) electrons. The predicted octanol–water partition coefficient (Wildman–Crippen LogP) is 3.56. The molecule has 2 saturated heterocycles. The highest BCUT2D eigenvalue weighted by atomic mass is 16.5. The number of aliphatic hydroxyl groups is 1. The number of benzene rings is 2. The van der Waals surface area contributed by atoms with Crippen LogP contribution in [0.4, 0.5) is 0 Å². The maximum absolute atomic E-state index is 11.2. The number of oxime groups is 1. The van der Waals surface area contributed by atoms with E-state index in [9.17, 15) is 10.3 Å². The molecule has 0 bridgehead atoms. The first kappa shape index (κ1) is 24.5. The highest BCUT2D eigenvalue weighted by molar-refractivity contribution is 6.06.